The van der Waals surface area contributed by atoms with Gasteiger partial charge in [-0.25, -0.2) is 0 Å². The SMILES string of the molecule is CC1C(CC=O)CCCC1OCCC(C)(C)O. The van der Waals surface area contributed by atoms with Crippen molar-refractivity contribution >= 4 is 6.29 Å². The van der Waals surface area contributed by atoms with E-state index in [1.54, 1.807) is 13.8 Å². The van der Waals surface area contributed by atoms with Gasteiger partial charge in [0, 0.05) is 13.0 Å². The summed E-state index contributed by atoms with van der Waals surface area (Å²) in [6.07, 6.45) is 5.99. The van der Waals surface area contributed by atoms with Crippen LogP contribution in [0, 0.1) is 11.8 Å². The molecule has 0 amide bonds. The molecule has 1 rings (SSSR count). The summed E-state index contributed by atoms with van der Waals surface area (Å²) in [6.45, 7) is 6.39. The molecule has 0 aromatic rings. The minimum absolute atomic E-state index is 0.260. The van der Waals surface area contributed by atoms with Gasteiger partial charge >= 0.3 is 0 Å². The molecule has 1 N–H and O–H groups in total. The monoisotopic (exact) mass is 242 g/mol. The molecule has 3 atom stereocenters. The molecule has 17 heavy (non-hydrogen) atoms. The molecule has 0 spiro atoms. The van der Waals surface area contributed by atoms with E-state index in [0.29, 0.717) is 31.3 Å². The fraction of sp³-hybridized carbons (Fsp3) is 0.929. The smallest absolute Gasteiger partial charge is 0.120 e. The third kappa shape index (κ3) is 5.17. The van der Waals surface area contributed by atoms with Gasteiger partial charge in [-0.3, -0.25) is 0 Å². The van der Waals surface area contributed by atoms with Crippen LogP contribution in [0.25, 0.3) is 0 Å². The number of carbonyl (C=O) groups is 1. The fourth-order valence-corrected chi connectivity index (χ4v) is 2.56. The van der Waals surface area contributed by atoms with Crippen LogP contribution in [0.3, 0.4) is 0 Å². The van der Waals surface area contributed by atoms with Gasteiger partial charge in [0.25, 0.3) is 0 Å². The first-order valence-electron chi connectivity index (χ1n) is 6.71. The van der Waals surface area contributed by atoms with E-state index in [1.165, 1.54) is 0 Å². The lowest BCUT2D eigenvalue weighted by atomic mass is 9.77. The molecule has 3 nitrogen and oxygen atoms in total. The summed E-state index contributed by atoms with van der Waals surface area (Å²) in [5, 5.41) is 9.62. The first-order chi connectivity index (χ1) is 7.94. The molecule has 0 radical (unpaired) electrons. The zero-order chi connectivity index (χ0) is 12.9. The van der Waals surface area contributed by atoms with Gasteiger partial charge in [-0.2, -0.15) is 0 Å². The lowest BCUT2D eigenvalue weighted by molar-refractivity contribution is -0.110. The lowest BCUT2D eigenvalue weighted by Gasteiger charge is -2.35. The standard InChI is InChI=1S/C14H26O3/c1-11-12(7-9-15)5-4-6-13(11)17-10-8-14(2,3)16/h9,11-13,16H,4-8,10H2,1-3H3. The van der Waals surface area contributed by atoms with Crippen LogP contribution in [-0.4, -0.2) is 29.7 Å². The van der Waals surface area contributed by atoms with Gasteiger partial charge in [0.05, 0.1) is 11.7 Å². The second kappa shape index (κ2) is 6.50. The molecule has 1 fully saturated rings. The van der Waals surface area contributed by atoms with E-state index in [9.17, 15) is 9.90 Å². The molecule has 0 heterocycles. The van der Waals surface area contributed by atoms with Crippen molar-refractivity contribution in [2.24, 2.45) is 11.8 Å². The Bertz CT molecular complexity index is 232. The summed E-state index contributed by atoms with van der Waals surface area (Å²) in [6, 6.07) is 0. The van der Waals surface area contributed by atoms with Crippen LogP contribution in [0.15, 0.2) is 0 Å². The highest BCUT2D eigenvalue weighted by molar-refractivity contribution is 5.49. The highest BCUT2D eigenvalue weighted by Crippen LogP contribution is 2.33. The number of hydrogen-bond donors (Lipinski definition) is 1. The number of hydrogen-bond acceptors (Lipinski definition) is 3. The molecule has 0 aromatic heterocycles. The van der Waals surface area contributed by atoms with E-state index in [4.69, 9.17) is 4.74 Å². The summed E-state index contributed by atoms with van der Waals surface area (Å²) in [4.78, 5) is 10.6. The highest BCUT2D eigenvalue weighted by atomic mass is 16.5. The predicted octanol–water partition coefficient (Wildman–Crippen LogP) is 2.56. The van der Waals surface area contributed by atoms with Gasteiger partial charge < -0.3 is 14.6 Å². The van der Waals surface area contributed by atoms with Crippen LogP contribution >= 0.6 is 0 Å². The van der Waals surface area contributed by atoms with Crippen LogP contribution in [0.5, 0.6) is 0 Å². The highest BCUT2D eigenvalue weighted by Gasteiger charge is 2.30. The molecule has 0 bridgehead atoms. The average molecular weight is 242 g/mol. The van der Waals surface area contributed by atoms with Crippen molar-refractivity contribution in [2.75, 3.05) is 6.61 Å². The van der Waals surface area contributed by atoms with E-state index in [1.807, 2.05) is 0 Å². The van der Waals surface area contributed by atoms with E-state index < -0.39 is 5.60 Å². The van der Waals surface area contributed by atoms with Crippen LogP contribution in [-0.2, 0) is 9.53 Å². The molecule has 3 heteroatoms. The number of carbonyl (C=O) groups excluding carboxylic acids is 1. The van der Waals surface area contributed by atoms with Crippen LogP contribution < -0.4 is 0 Å². The number of rotatable bonds is 6. The van der Waals surface area contributed by atoms with E-state index in [2.05, 4.69) is 6.92 Å². The van der Waals surface area contributed by atoms with E-state index in [0.717, 1.165) is 25.5 Å². The Kier molecular flexibility index (Phi) is 5.60. The Hall–Kier alpha value is -0.410. The molecule has 1 saturated carbocycles. The summed E-state index contributed by atoms with van der Waals surface area (Å²) in [7, 11) is 0. The second-order valence-electron chi connectivity index (χ2n) is 5.92. The minimum Gasteiger partial charge on any atom is -0.390 e. The quantitative estimate of drug-likeness (QED) is 0.728. The maximum atomic E-state index is 10.6. The predicted molar refractivity (Wildman–Crippen MR) is 67.8 cm³/mol. The summed E-state index contributed by atoms with van der Waals surface area (Å²) in [5.41, 5.74) is -0.653. The average Bonchev–Trinajstić information content (AvgIpc) is 2.22. The van der Waals surface area contributed by atoms with Gasteiger partial charge in [0.1, 0.15) is 6.29 Å². The van der Waals surface area contributed by atoms with Gasteiger partial charge in [0.2, 0.25) is 0 Å². The number of aliphatic hydroxyl groups is 1. The normalized spacial score (nSPS) is 30.2. The molecule has 3 unspecified atom stereocenters. The Morgan fingerprint density at radius 1 is 1.41 bits per heavy atom. The molecule has 1 aliphatic rings. The largest absolute Gasteiger partial charge is 0.390 e. The maximum absolute atomic E-state index is 10.6. The van der Waals surface area contributed by atoms with Crippen molar-refractivity contribution < 1.29 is 14.6 Å². The van der Waals surface area contributed by atoms with Crippen molar-refractivity contribution in [3.63, 3.8) is 0 Å². The summed E-state index contributed by atoms with van der Waals surface area (Å²) >= 11 is 0. The van der Waals surface area contributed by atoms with Crippen molar-refractivity contribution in [3.8, 4) is 0 Å². The molecule has 0 aromatic carbocycles. The fourth-order valence-electron chi connectivity index (χ4n) is 2.56. The van der Waals surface area contributed by atoms with Crippen molar-refractivity contribution in [2.45, 2.75) is 64.6 Å². The van der Waals surface area contributed by atoms with Gasteiger partial charge in [-0.1, -0.05) is 13.3 Å². The molecule has 1 aliphatic carbocycles. The molecular formula is C14H26O3. The minimum atomic E-state index is -0.653. The third-order valence-electron chi connectivity index (χ3n) is 3.84. The molecule has 100 valence electrons. The number of ether oxygens (including phenoxy) is 1. The Balaban J connectivity index is 2.34. The topological polar surface area (TPSA) is 46.5 Å². The molecular weight excluding hydrogens is 216 g/mol. The zero-order valence-corrected chi connectivity index (χ0v) is 11.3. The zero-order valence-electron chi connectivity index (χ0n) is 11.3. The molecule has 0 saturated heterocycles. The van der Waals surface area contributed by atoms with Crippen LogP contribution in [0.1, 0.15) is 52.9 Å². The lowest BCUT2D eigenvalue weighted by Crippen LogP contribution is -2.34. The first-order valence-corrected chi connectivity index (χ1v) is 6.71. The Morgan fingerprint density at radius 3 is 2.71 bits per heavy atom. The second-order valence-corrected chi connectivity index (χ2v) is 5.92. The maximum Gasteiger partial charge on any atom is 0.120 e. The van der Waals surface area contributed by atoms with Crippen LogP contribution in [0.4, 0.5) is 0 Å². The summed E-state index contributed by atoms with van der Waals surface area (Å²) in [5.74, 6) is 0.934. The first kappa shape index (κ1) is 14.7. The van der Waals surface area contributed by atoms with Crippen LogP contribution in [0.2, 0.25) is 0 Å². The van der Waals surface area contributed by atoms with E-state index in [-0.39, 0.29) is 6.10 Å². The Labute approximate surface area is 105 Å². The number of aldehydes is 1. The van der Waals surface area contributed by atoms with Crippen molar-refractivity contribution in [1.29, 1.82) is 0 Å². The van der Waals surface area contributed by atoms with Gasteiger partial charge in [0.15, 0.2) is 0 Å². The van der Waals surface area contributed by atoms with Gasteiger partial charge in [-0.05, 0) is 44.9 Å². The Morgan fingerprint density at radius 2 is 2.12 bits per heavy atom. The summed E-state index contributed by atoms with van der Waals surface area (Å²) < 4.78 is 5.87. The van der Waals surface area contributed by atoms with Crippen molar-refractivity contribution in [1.82, 2.24) is 0 Å². The van der Waals surface area contributed by atoms with Crippen molar-refractivity contribution in [3.05, 3.63) is 0 Å². The van der Waals surface area contributed by atoms with E-state index >= 15 is 0 Å². The third-order valence-corrected chi connectivity index (χ3v) is 3.84. The van der Waals surface area contributed by atoms with Gasteiger partial charge in [-0.15, -0.1) is 0 Å². The molecule has 0 aliphatic heterocycles.